The van der Waals surface area contributed by atoms with Gasteiger partial charge in [-0.05, 0) is 37.5 Å². The van der Waals surface area contributed by atoms with Crippen molar-refractivity contribution in [3.8, 4) is 0 Å². The zero-order valence-corrected chi connectivity index (χ0v) is 39.1. The number of aliphatic hydroxyl groups is 4. The first-order chi connectivity index (χ1) is 29.0. The highest BCUT2D eigenvalue weighted by molar-refractivity contribution is 7.47. The van der Waals surface area contributed by atoms with Gasteiger partial charge < -0.3 is 44.6 Å². The van der Waals surface area contributed by atoms with E-state index in [2.05, 4.69) is 29.8 Å². The van der Waals surface area contributed by atoms with Crippen LogP contribution in [0.4, 0.5) is 0 Å². The Labute approximate surface area is 365 Å². The lowest BCUT2D eigenvalue weighted by molar-refractivity contribution is -0.161. The number of phosphoric acid groups is 2. The standard InChI is InChI=1S/C43H82O16P2/c1-4-6-17-23-35(44)27-28-39-38(40(46)29-41(39)47)24-19-15-16-21-26-43(49)59-37(33-58-61(53,54)57-31-36(45)30-56-60(50,51)52)32-55-42(48)25-20-14-12-10-8-7-9-11-13-18-22-34(3)5-2/h27-28,34-41,44-47H,4-26,29-33H2,1-3H3,(H,53,54)(H2,50,51,52)/b28-27+/t34?,35-,36-,37+,38+,39+,40-,41+/m0/s1. The van der Waals surface area contributed by atoms with Crippen molar-refractivity contribution in [3.05, 3.63) is 12.2 Å². The van der Waals surface area contributed by atoms with Gasteiger partial charge in [-0.2, -0.15) is 0 Å². The van der Waals surface area contributed by atoms with Crippen LogP contribution in [-0.2, 0) is 41.8 Å². The first kappa shape index (κ1) is 57.8. The first-order valence-corrected chi connectivity index (χ1v) is 26.1. The van der Waals surface area contributed by atoms with E-state index in [1.165, 1.54) is 51.4 Å². The second kappa shape index (κ2) is 34.1. The largest absolute Gasteiger partial charge is 0.472 e. The zero-order valence-electron chi connectivity index (χ0n) is 37.3. The minimum absolute atomic E-state index is 0.00772. The molecule has 2 unspecified atom stereocenters. The predicted octanol–water partition coefficient (Wildman–Crippen LogP) is 7.97. The van der Waals surface area contributed by atoms with Crippen LogP contribution in [0.1, 0.15) is 175 Å². The van der Waals surface area contributed by atoms with Crippen molar-refractivity contribution in [2.75, 3.05) is 26.4 Å². The highest BCUT2D eigenvalue weighted by Crippen LogP contribution is 2.44. The average molecular weight is 917 g/mol. The van der Waals surface area contributed by atoms with Gasteiger partial charge in [-0.15, -0.1) is 0 Å². The quantitative estimate of drug-likeness (QED) is 0.0134. The Kier molecular flexibility index (Phi) is 32.3. The highest BCUT2D eigenvalue weighted by Gasteiger charge is 2.39. The summed E-state index contributed by atoms with van der Waals surface area (Å²) in [5.41, 5.74) is 0. The molecule has 9 atom stereocenters. The molecule has 0 saturated heterocycles. The van der Waals surface area contributed by atoms with E-state index >= 15 is 0 Å². The summed E-state index contributed by atoms with van der Waals surface area (Å²) in [4.78, 5) is 53.0. The van der Waals surface area contributed by atoms with E-state index in [1.807, 2.05) is 6.08 Å². The number of carbonyl (C=O) groups is 2. The Morgan fingerprint density at radius 1 is 0.672 bits per heavy atom. The summed E-state index contributed by atoms with van der Waals surface area (Å²) in [7, 11) is -9.76. The number of aliphatic hydroxyl groups excluding tert-OH is 4. The molecule has 1 aliphatic rings. The van der Waals surface area contributed by atoms with Crippen LogP contribution in [0.5, 0.6) is 0 Å². The Bertz CT molecular complexity index is 1260. The van der Waals surface area contributed by atoms with E-state index in [9.17, 15) is 44.0 Å². The summed E-state index contributed by atoms with van der Waals surface area (Å²) in [5, 5.41) is 41.2. The lowest BCUT2D eigenvalue weighted by atomic mass is 9.88. The Balaban J connectivity index is 2.53. The second-order valence-electron chi connectivity index (χ2n) is 16.9. The van der Waals surface area contributed by atoms with Gasteiger partial charge in [0.2, 0.25) is 0 Å². The van der Waals surface area contributed by atoms with Crippen molar-refractivity contribution in [1.29, 1.82) is 0 Å². The maximum atomic E-state index is 12.8. The van der Waals surface area contributed by atoms with Crippen LogP contribution in [0, 0.1) is 17.8 Å². The van der Waals surface area contributed by atoms with Crippen LogP contribution < -0.4 is 0 Å². The molecular formula is C43H82O16P2. The minimum Gasteiger partial charge on any atom is -0.462 e. The molecule has 0 aromatic heterocycles. The molecule has 1 saturated carbocycles. The maximum Gasteiger partial charge on any atom is 0.472 e. The van der Waals surface area contributed by atoms with Gasteiger partial charge in [0.1, 0.15) is 12.7 Å². The van der Waals surface area contributed by atoms with E-state index < -0.39 is 84.5 Å². The number of phosphoric ester groups is 2. The molecule has 0 bridgehead atoms. The Morgan fingerprint density at radius 3 is 1.82 bits per heavy atom. The molecular weight excluding hydrogens is 834 g/mol. The summed E-state index contributed by atoms with van der Waals surface area (Å²) in [6, 6.07) is 0. The average Bonchev–Trinajstić information content (AvgIpc) is 3.48. The maximum absolute atomic E-state index is 12.8. The third-order valence-electron chi connectivity index (χ3n) is 11.3. The smallest absolute Gasteiger partial charge is 0.462 e. The van der Waals surface area contributed by atoms with E-state index in [0.29, 0.717) is 32.1 Å². The van der Waals surface area contributed by atoms with Crippen molar-refractivity contribution in [2.45, 2.75) is 205 Å². The van der Waals surface area contributed by atoms with Crippen LogP contribution in [0.25, 0.3) is 0 Å². The van der Waals surface area contributed by atoms with Crippen molar-refractivity contribution in [2.24, 2.45) is 17.8 Å². The SMILES string of the molecule is CCCCC[C@H](O)/C=C/[C@@H]1[C@@H](CCCCCCC(=O)O[C@H](COC(=O)CCCCCCCCCCCCC(C)CC)COP(=O)(O)OC[C@@H](O)COP(=O)(O)O)[C@@H](O)C[C@H]1O. The zero-order chi connectivity index (χ0) is 45.5. The first-order valence-electron chi connectivity index (χ1n) is 23.0. The molecule has 0 aliphatic heterocycles. The Morgan fingerprint density at radius 2 is 1.21 bits per heavy atom. The number of hydrogen-bond donors (Lipinski definition) is 7. The minimum atomic E-state index is -4.89. The predicted molar refractivity (Wildman–Crippen MR) is 232 cm³/mol. The third-order valence-corrected chi connectivity index (χ3v) is 12.7. The van der Waals surface area contributed by atoms with Crippen LogP contribution >= 0.6 is 15.6 Å². The number of ether oxygens (including phenoxy) is 2. The molecule has 7 N–H and O–H groups in total. The van der Waals surface area contributed by atoms with E-state index in [1.54, 1.807) is 6.08 Å². The number of esters is 2. The number of rotatable bonds is 39. The van der Waals surface area contributed by atoms with Crippen LogP contribution in [-0.4, -0.2) is 104 Å². The molecule has 360 valence electrons. The van der Waals surface area contributed by atoms with Crippen molar-refractivity contribution in [3.63, 3.8) is 0 Å². The lowest BCUT2D eigenvalue weighted by Gasteiger charge is -2.21. The summed E-state index contributed by atoms with van der Waals surface area (Å²) in [6.07, 6.45) is 19.8. The van der Waals surface area contributed by atoms with Gasteiger partial charge in [-0.1, -0.05) is 142 Å². The van der Waals surface area contributed by atoms with Crippen molar-refractivity contribution >= 4 is 27.6 Å². The van der Waals surface area contributed by atoms with Gasteiger partial charge in [0.15, 0.2) is 6.10 Å². The number of carbonyl (C=O) groups excluding carboxylic acids is 2. The van der Waals surface area contributed by atoms with Crippen LogP contribution in [0.3, 0.4) is 0 Å². The molecule has 1 fully saturated rings. The summed E-state index contributed by atoms with van der Waals surface area (Å²) >= 11 is 0. The summed E-state index contributed by atoms with van der Waals surface area (Å²) < 4.78 is 47.9. The van der Waals surface area contributed by atoms with E-state index in [4.69, 9.17) is 23.8 Å². The van der Waals surface area contributed by atoms with Gasteiger partial charge in [0, 0.05) is 25.2 Å². The molecule has 61 heavy (non-hydrogen) atoms. The van der Waals surface area contributed by atoms with Crippen LogP contribution in [0.15, 0.2) is 12.2 Å². The van der Waals surface area contributed by atoms with Crippen molar-refractivity contribution in [1.82, 2.24) is 0 Å². The molecule has 1 rings (SSSR count). The normalized spacial score (nSPS) is 21.3. The molecule has 1 aliphatic carbocycles. The van der Waals surface area contributed by atoms with Gasteiger partial charge in [0.05, 0.1) is 38.1 Å². The fourth-order valence-corrected chi connectivity index (χ4v) is 8.52. The van der Waals surface area contributed by atoms with Gasteiger partial charge in [-0.3, -0.25) is 23.2 Å². The van der Waals surface area contributed by atoms with Gasteiger partial charge in [-0.25, -0.2) is 9.13 Å². The fraction of sp³-hybridized carbons (Fsp3) is 0.907. The molecule has 0 spiro atoms. The fourth-order valence-electron chi connectivity index (χ4n) is 7.36. The van der Waals surface area contributed by atoms with E-state index in [-0.39, 0.29) is 31.1 Å². The van der Waals surface area contributed by atoms with E-state index in [0.717, 1.165) is 57.3 Å². The number of unbranched alkanes of at least 4 members (excludes halogenated alkanes) is 14. The molecule has 0 radical (unpaired) electrons. The molecule has 16 nitrogen and oxygen atoms in total. The monoisotopic (exact) mass is 917 g/mol. The molecule has 0 amide bonds. The van der Waals surface area contributed by atoms with Gasteiger partial charge >= 0.3 is 27.6 Å². The van der Waals surface area contributed by atoms with Gasteiger partial charge in [0.25, 0.3) is 0 Å². The van der Waals surface area contributed by atoms with Crippen molar-refractivity contribution < 1.29 is 76.9 Å². The second-order valence-corrected chi connectivity index (χ2v) is 19.6. The molecule has 0 aromatic rings. The summed E-state index contributed by atoms with van der Waals surface area (Å²) in [5.74, 6) is -0.740. The molecule has 0 aromatic carbocycles. The number of hydrogen-bond acceptors (Lipinski definition) is 13. The topological polar surface area (TPSA) is 256 Å². The van der Waals surface area contributed by atoms with Crippen LogP contribution in [0.2, 0.25) is 0 Å². The third kappa shape index (κ3) is 31.3. The Hall–Kier alpha value is -1.26. The molecule has 18 heteroatoms. The lowest BCUT2D eigenvalue weighted by Crippen LogP contribution is -2.30. The molecule has 0 heterocycles. The summed E-state index contributed by atoms with van der Waals surface area (Å²) in [6.45, 7) is 3.76. The highest BCUT2D eigenvalue weighted by atomic mass is 31.2.